The minimum atomic E-state index is -0.217. The van der Waals surface area contributed by atoms with E-state index in [2.05, 4.69) is 34.6 Å². The summed E-state index contributed by atoms with van der Waals surface area (Å²) in [6.07, 6.45) is 7.80. The third-order valence-electron chi connectivity index (χ3n) is 3.09. The molecule has 78 valence electrons. The second-order valence-corrected chi connectivity index (χ2v) is 5.32. The van der Waals surface area contributed by atoms with Crippen molar-refractivity contribution in [3.63, 3.8) is 0 Å². The molecular weight excluding hydrogens is 289 g/mol. The van der Waals surface area contributed by atoms with E-state index in [4.69, 9.17) is 5.73 Å². The van der Waals surface area contributed by atoms with E-state index in [1.54, 1.807) is 0 Å². The fraction of sp³-hybridized carbons (Fsp3) is 0.700. The first kappa shape index (κ1) is 10.4. The van der Waals surface area contributed by atoms with E-state index in [9.17, 15) is 0 Å². The maximum Gasteiger partial charge on any atom is 0.110 e. The Balaban J connectivity index is 2.32. The van der Waals surface area contributed by atoms with Gasteiger partial charge in [0, 0.05) is 0 Å². The zero-order valence-electron chi connectivity index (χ0n) is 8.46. The van der Waals surface area contributed by atoms with Gasteiger partial charge in [0.15, 0.2) is 0 Å². The fourth-order valence-corrected chi connectivity index (χ4v) is 2.57. The number of hydrogen-bond acceptors (Lipinski definition) is 2. The highest BCUT2D eigenvalue weighted by molar-refractivity contribution is 14.1. The molecule has 2 rings (SSSR count). The summed E-state index contributed by atoms with van der Waals surface area (Å²) in [4.78, 5) is 0. The molecule has 1 aromatic heterocycles. The van der Waals surface area contributed by atoms with Crippen LogP contribution in [0.15, 0.2) is 6.20 Å². The van der Waals surface area contributed by atoms with Crippen LogP contribution < -0.4 is 5.73 Å². The van der Waals surface area contributed by atoms with Crippen molar-refractivity contribution in [3.8, 4) is 0 Å². The van der Waals surface area contributed by atoms with E-state index in [1.807, 2.05) is 10.9 Å². The standard InChI is InChI=1S/C10H16IN3/c1-8-9(11)7-13-14(8)10(12)5-3-2-4-6-10/h7H,2-6,12H2,1H3. The third-order valence-corrected chi connectivity index (χ3v) is 4.15. The van der Waals surface area contributed by atoms with Gasteiger partial charge >= 0.3 is 0 Å². The number of nitrogens with zero attached hydrogens (tertiary/aromatic N) is 2. The molecule has 0 bridgehead atoms. The molecule has 0 aromatic carbocycles. The number of halogens is 1. The highest BCUT2D eigenvalue weighted by Crippen LogP contribution is 2.31. The quantitative estimate of drug-likeness (QED) is 0.810. The lowest BCUT2D eigenvalue weighted by Crippen LogP contribution is -2.45. The summed E-state index contributed by atoms with van der Waals surface area (Å²) in [7, 11) is 0. The molecule has 0 unspecified atom stereocenters. The fourth-order valence-electron chi connectivity index (χ4n) is 2.21. The minimum absolute atomic E-state index is 0.217. The van der Waals surface area contributed by atoms with Crippen molar-refractivity contribution in [2.24, 2.45) is 5.73 Å². The second-order valence-electron chi connectivity index (χ2n) is 4.15. The van der Waals surface area contributed by atoms with Crippen LogP contribution in [0.3, 0.4) is 0 Å². The summed E-state index contributed by atoms with van der Waals surface area (Å²) in [5.74, 6) is 0. The van der Waals surface area contributed by atoms with Gasteiger partial charge in [0.2, 0.25) is 0 Å². The Bertz CT molecular complexity index is 326. The lowest BCUT2D eigenvalue weighted by Gasteiger charge is -2.34. The van der Waals surface area contributed by atoms with Gasteiger partial charge in [-0.05, 0) is 55.2 Å². The van der Waals surface area contributed by atoms with Crippen molar-refractivity contribution in [3.05, 3.63) is 15.5 Å². The maximum atomic E-state index is 6.39. The molecule has 0 saturated heterocycles. The van der Waals surface area contributed by atoms with Crippen LogP contribution in [0.5, 0.6) is 0 Å². The van der Waals surface area contributed by atoms with Gasteiger partial charge in [0.05, 0.1) is 15.5 Å². The summed E-state index contributed by atoms with van der Waals surface area (Å²) >= 11 is 2.31. The topological polar surface area (TPSA) is 43.8 Å². The minimum Gasteiger partial charge on any atom is -0.307 e. The first-order chi connectivity index (χ1) is 6.63. The molecule has 1 aliphatic rings. The van der Waals surface area contributed by atoms with E-state index in [0.717, 1.165) is 12.8 Å². The van der Waals surface area contributed by atoms with E-state index >= 15 is 0 Å². The highest BCUT2D eigenvalue weighted by Gasteiger charge is 2.31. The van der Waals surface area contributed by atoms with Crippen LogP contribution in [0.25, 0.3) is 0 Å². The number of hydrogen-bond donors (Lipinski definition) is 1. The van der Waals surface area contributed by atoms with Crippen LogP contribution in [-0.2, 0) is 5.66 Å². The van der Waals surface area contributed by atoms with Gasteiger partial charge in [0.25, 0.3) is 0 Å². The van der Waals surface area contributed by atoms with Gasteiger partial charge in [0.1, 0.15) is 5.66 Å². The van der Waals surface area contributed by atoms with Crippen LogP contribution in [0.2, 0.25) is 0 Å². The molecule has 1 heterocycles. The third kappa shape index (κ3) is 1.69. The molecule has 0 aliphatic heterocycles. The van der Waals surface area contributed by atoms with Gasteiger partial charge in [-0.2, -0.15) is 5.10 Å². The van der Waals surface area contributed by atoms with Crippen LogP contribution >= 0.6 is 22.6 Å². The Kier molecular flexibility index (Phi) is 2.83. The number of aromatic nitrogens is 2. The predicted molar refractivity (Wildman–Crippen MR) is 64.9 cm³/mol. The summed E-state index contributed by atoms with van der Waals surface area (Å²) in [6, 6.07) is 0. The highest BCUT2D eigenvalue weighted by atomic mass is 127. The molecule has 4 heteroatoms. The van der Waals surface area contributed by atoms with E-state index < -0.39 is 0 Å². The monoisotopic (exact) mass is 305 g/mol. The SMILES string of the molecule is Cc1c(I)cnn1C1(N)CCCCC1. The molecule has 1 saturated carbocycles. The van der Waals surface area contributed by atoms with Gasteiger partial charge in [-0.3, -0.25) is 0 Å². The van der Waals surface area contributed by atoms with E-state index in [0.29, 0.717) is 0 Å². The van der Waals surface area contributed by atoms with Gasteiger partial charge in [-0.15, -0.1) is 0 Å². The van der Waals surface area contributed by atoms with E-state index in [-0.39, 0.29) is 5.66 Å². The summed E-state index contributed by atoms with van der Waals surface area (Å²) < 4.78 is 3.23. The van der Waals surface area contributed by atoms with Crippen molar-refractivity contribution < 1.29 is 0 Å². The first-order valence-corrected chi connectivity index (χ1v) is 6.21. The average molecular weight is 305 g/mol. The van der Waals surface area contributed by atoms with Crippen molar-refractivity contribution in [2.45, 2.75) is 44.7 Å². The van der Waals surface area contributed by atoms with Crippen molar-refractivity contribution >= 4 is 22.6 Å². The first-order valence-electron chi connectivity index (χ1n) is 5.13. The molecule has 2 N–H and O–H groups in total. The van der Waals surface area contributed by atoms with Crippen LogP contribution in [-0.4, -0.2) is 9.78 Å². The molecule has 1 aliphatic carbocycles. The summed E-state index contributed by atoms with van der Waals surface area (Å²) in [6.45, 7) is 2.10. The molecule has 0 atom stereocenters. The van der Waals surface area contributed by atoms with Gasteiger partial charge < -0.3 is 5.73 Å². The molecular formula is C10H16IN3. The molecule has 0 radical (unpaired) electrons. The Labute approximate surface area is 98.2 Å². The predicted octanol–water partition coefficient (Wildman–Crippen LogP) is 2.37. The molecule has 0 amide bonds. The zero-order valence-corrected chi connectivity index (χ0v) is 10.6. The normalized spacial score (nSPS) is 21.1. The Morgan fingerprint density at radius 1 is 1.43 bits per heavy atom. The van der Waals surface area contributed by atoms with Crippen LogP contribution in [0, 0.1) is 10.5 Å². The van der Waals surface area contributed by atoms with E-state index in [1.165, 1.54) is 28.5 Å². The second kappa shape index (κ2) is 3.81. The van der Waals surface area contributed by atoms with Gasteiger partial charge in [-0.25, -0.2) is 4.68 Å². The largest absolute Gasteiger partial charge is 0.307 e. The molecule has 1 fully saturated rings. The lowest BCUT2D eigenvalue weighted by molar-refractivity contribution is 0.178. The number of nitrogens with two attached hydrogens (primary N) is 1. The molecule has 0 spiro atoms. The number of rotatable bonds is 1. The molecule has 3 nitrogen and oxygen atoms in total. The van der Waals surface area contributed by atoms with Crippen molar-refractivity contribution in [1.82, 2.24) is 9.78 Å². The maximum absolute atomic E-state index is 6.39. The molecule has 14 heavy (non-hydrogen) atoms. The molecule has 1 aromatic rings. The van der Waals surface area contributed by atoms with Gasteiger partial charge in [-0.1, -0.05) is 6.42 Å². The zero-order chi connectivity index (χ0) is 10.2. The van der Waals surface area contributed by atoms with Crippen LogP contribution in [0.4, 0.5) is 0 Å². The van der Waals surface area contributed by atoms with Crippen molar-refractivity contribution in [2.75, 3.05) is 0 Å². The summed E-state index contributed by atoms with van der Waals surface area (Å²) in [5, 5.41) is 4.39. The smallest absolute Gasteiger partial charge is 0.110 e. The Morgan fingerprint density at radius 3 is 2.57 bits per heavy atom. The van der Waals surface area contributed by atoms with Crippen molar-refractivity contribution in [1.29, 1.82) is 0 Å². The average Bonchev–Trinajstić information content (AvgIpc) is 2.49. The lowest BCUT2D eigenvalue weighted by atomic mass is 9.90. The Hall–Kier alpha value is -0.100. The van der Waals surface area contributed by atoms with Crippen LogP contribution in [0.1, 0.15) is 37.8 Å². The summed E-state index contributed by atoms with van der Waals surface area (Å²) in [5.41, 5.74) is 7.38. The Morgan fingerprint density at radius 2 is 2.07 bits per heavy atom.